The molecule has 0 saturated heterocycles. The molecule has 0 aliphatic carbocycles. The van der Waals surface area contributed by atoms with Gasteiger partial charge in [0.25, 0.3) is 0 Å². The first-order valence-electron chi connectivity index (χ1n) is 4.88. The normalized spacial score (nSPS) is 17.2. The zero-order valence-electron chi connectivity index (χ0n) is 9.63. The number of benzene rings is 1. The average Bonchev–Trinajstić information content (AvgIpc) is 2.16. The Labute approximate surface area is 94.8 Å². The third-order valence-corrected chi connectivity index (χ3v) is 3.05. The van der Waals surface area contributed by atoms with Gasteiger partial charge < -0.3 is 4.74 Å². The zero-order chi connectivity index (χ0) is 11.5. The largest absolute Gasteiger partial charge is 0.497 e. The molecule has 0 heterocycles. The summed E-state index contributed by atoms with van der Waals surface area (Å²) in [5.41, 5.74) is -0.212. The maximum atomic E-state index is 7.52. The van der Waals surface area contributed by atoms with Crippen LogP contribution in [0, 0.1) is 0 Å². The molecule has 13 heavy (non-hydrogen) atoms. The van der Waals surface area contributed by atoms with E-state index in [1.807, 2.05) is 18.2 Å². The lowest BCUT2D eigenvalue weighted by molar-refractivity contribution is 0.414. The Kier molecular flexibility index (Phi) is 3.50. The molecule has 1 atom stereocenters. The van der Waals surface area contributed by atoms with E-state index in [2.05, 4.69) is 15.9 Å². The Morgan fingerprint density at radius 2 is 2.54 bits per heavy atom. The smallest absolute Gasteiger partial charge is 0.119 e. The second-order valence-electron chi connectivity index (χ2n) is 2.41. The van der Waals surface area contributed by atoms with Crippen molar-refractivity contribution in [3.05, 3.63) is 23.8 Å². The Hall–Kier alpha value is -0.150. The quantitative estimate of drug-likeness (QED) is 0.465. The van der Waals surface area contributed by atoms with Crippen molar-refractivity contribution in [3.8, 4) is 5.75 Å². The highest BCUT2D eigenvalue weighted by molar-refractivity contribution is 9.08. The summed E-state index contributed by atoms with van der Waals surface area (Å²) in [7, 11) is 1.62. The molecule has 0 fully saturated rings. The van der Waals surface area contributed by atoms with Gasteiger partial charge in [-0.1, -0.05) is 22.9 Å². The molecule has 1 unspecified atom stereocenters. The minimum atomic E-state index is -1.26. The molecule has 0 radical (unpaired) electrons. The van der Waals surface area contributed by atoms with E-state index in [4.69, 9.17) is 7.48 Å². The summed E-state index contributed by atoms with van der Waals surface area (Å²) in [6.45, 7) is 1.56. The highest BCUT2D eigenvalue weighted by atomic mass is 79.9. The van der Waals surface area contributed by atoms with Crippen LogP contribution in [0.1, 0.15) is 15.2 Å². The summed E-state index contributed by atoms with van der Waals surface area (Å²) < 4.78 is 20.2. The molecule has 0 spiro atoms. The van der Waals surface area contributed by atoms with Gasteiger partial charge in [-0.2, -0.15) is 0 Å². The minimum Gasteiger partial charge on any atom is -0.497 e. The Morgan fingerprint density at radius 1 is 1.77 bits per heavy atom. The summed E-state index contributed by atoms with van der Waals surface area (Å²) in [5.74, 6) is 0.797. The van der Waals surface area contributed by atoms with E-state index < -0.39 is 5.70 Å². The molecule has 0 aromatic heterocycles. The third-order valence-electron chi connectivity index (χ3n) is 1.62. The Morgan fingerprint density at radius 3 is 3.08 bits per heavy atom. The van der Waals surface area contributed by atoms with Gasteiger partial charge in [0.05, 0.1) is 7.11 Å². The fourth-order valence-electron chi connectivity index (χ4n) is 0.997. The average molecular weight is 263 g/mol. The van der Waals surface area contributed by atoms with E-state index in [0.717, 1.165) is 16.2 Å². The molecule has 0 amide bonds. The fourth-order valence-corrected chi connectivity index (χ4v) is 2.26. The summed E-state index contributed by atoms with van der Waals surface area (Å²) >= 11 is 4.61. The van der Waals surface area contributed by atoms with Crippen LogP contribution in [0.25, 0.3) is 0 Å². The number of alkyl halides is 1. The monoisotopic (exact) mass is 262 g/mol. The number of thioether (sulfide) groups is 1. The van der Waals surface area contributed by atoms with Gasteiger partial charge in [0.15, 0.2) is 0 Å². The minimum absolute atomic E-state index is 0.697. The van der Waals surface area contributed by atoms with E-state index in [1.165, 1.54) is 11.8 Å². The maximum Gasteiger partial charge on any atom is 0.119 e. The van der Waals surface area contributed by atoms with Crippen molar-refractivity contribution in [2.75, 3.05) is 12.8 Å². The van der Waals surface area contributed by atoms with Crippen LogP contribution in [-0.4, -0.2) is 12.8 Å². The van der Waals surface area contributed by atoms with Gasteiger partial charge >= 0.3 is 0 Å². The molecule has 3 heteroatoms. The topological polar surface area (TPSA) is 9.23 Å². The third kappa shape index (κ3) is 2.92. The van der Waals surface area contributed by atoms with Crippen LogP contribution in [0.3, 0.4) is 0 Å². The maximum absolute atomic E-state index is 7.52. The number of ether oxygens (including phenoxy) is 1. The second-order valence-corrected chi connectivity index (χ2v) is 4.03. The summed E-state index contributed by atoms with van der Waals surface area (Å²) in [4.78, 5) is 0.945. The Balaban J connectivity index is 2.97. The van der Waals surface area contributed by atoms with E-state index in [9.17, 15) is 0 Å². The zero-order valence-corrected chi connectivity index (χ0v) is 10.0. The number of halogens is 1. The number of methoxy groups -OCH3 is 1. The molecule has 0 aliphatic heterocycles. The van der Waals surface area contributed by atoms with E-state index >= 15 is 0 Å². The second kappa shape index (κ2) is 5.55. The van der Waals surface area contributed by atoms with Crippen molar-refractivity contribution in [1.29, 1.82) is 0 Å². The molecule has 72 valence electrons. The van der Waals surface area contributed by atoms with Crippen LogP contribution in [0.15, 0.2) is 23.1 Å². The Bertz CT molecular complexity index is 339. The molecule has 0 bridgehead atoms. The van der Waals surface area contributed by atoms with Gasteiger partial charge in [-0.05, 0) is 29.5 Å². The molecule has 1 aromatic carbocycles. The molecular formula is C10H13BrOS. The molecule has 0 saturated carbocycles. The van der Waals surface area contributed by atoms with Gasteiger partial charge in [-0.25, -0.2) is 0 Å². The molecule has 1 rings (SSSR count). The van der Waals surface area contributed by atoms with Crippen LogP contribution in [0.4, 0.5) is 0 Å². The molecule has 1 aromatic rings. The lowest BCUT2D eigenvalue weighted by atomic mass is 10.2. The van der Waals surface area contributed by atoms with E-state index in [-0.39, 0.29) is 0 Å². The highest BCUT2D eigenvalue weighted by Crippen LogP contribution is 2.27. The van der Waals surface area contributed by atoms with Gasteiger partial charge in [-0.3, -0.25) is 0 Å². The van der Waals surface area contributed by atoms with Gasteiger partial charge in [0.1, 0.15) is 5.75 Å². The van der Waals surface area contributed by atoms with Crippen LogP contribution in [0.2, 0.25) is 0 Å². The standard InChI is InChI=1S/C10H13BrOS/c1-3-13-10-5-4-9(12-2)6-8(10)7-11/h4-6H,3,7H2,1-2H3/i3+1DH. The number of rotatable bonds is 4. The van der Waals surface area contributed by atoms with Gasteiger partial charge in [-0.15, -0.1) is 11.8 Å². The first-order valence-corrected chi connectivity index (χ1v) is 5.82. The van der Waals surface area contributed by atoms with Crippen LogP contribution >= 0.6 is 27.7 Å². The summed E-state index contributed by atoms with van der Waals surface area (Å²) in [6.07, 6.45) is 0. The summed E-state index contributed by atoms with van der Waals surface area (Å²) in [5, 5.41) is 0.697. The van der Waals surface area contributed by atoms with Crippen molar-refractivity contribution in [2.24, 2.45) is 0 Å². The SMILES string of the molecule is [1H][13C]([2H])(C)Sc1ccc(OC)cc1CBr. The lowest BCUT2D eigenvalue weighted by Gasteiger charge is -2.07. The van der Waals surface area contributed by atoms with E-state index in [0.29, 0.717) is 5.33 Å². The van der Waals surface area contributed by atoms with E-state index in [1.54, 1.807) is 14.0 Å². The molecular weight excluding hydrogens is 249 g/mol. The number of hydrogen-bond donors (Lipinski definition) is 0. The predicted octanol–water partition coefficient (Wildman–Crippen LogP) is 3.70. The van der Waals surface area contributed by atoms with Crippen molar-refractivity contribution >= 4 is 27.7 Å². The van der Waals surface area contributed by atoms with Crippen molar-refractivity contribution in [1.82, 2.24) is 0 Å². The fraction of sp³-hybridized carbons (Fsp3) is 0.400. The highest BCUT2D eigenvalue weighted by Gasteiger charge is 2.02. The van der Waals surface area contributed by atoms with Crippen molar-refractivity contribution in [2.45, 2.75) is 17.1 Å². The predicted molar refractivity (Wildman–Crippen MR) is 62.0 cm³/mol. The summed E-state index contributed by atoms with van der Waals surface area (Å²) in [6, 6.07) is 5.66. The van der Waals surface area contributed by atoms with Crippen molar-refractivity contribution in [3.63, 3.8) is 0 Å². The molecule has 0 N–H and O–H groups in total. The lowest BCUT2D eigenvalue weighted by Crippen LogP contribution is -1.88. The molecule has 0 aliphatic rings. The van der Waals surface area contributed by atoms with Gasteiger partial charge in [0, 0.05) is 13.0 Å². The first-order chi connectivity index (χ1) is 6.96. The van der Waals surface area contributed by atoms with Gasteiger partial charge in [0.2, 0.25) is 0 Å². The number of hydrogen-bond acceptors (Lipinski definition) is 2. The van der Waals surface area contributed by atoms with Crippen LogP contribution in [-0.2, 0) is 5.33 Å². The van der Waals surface area contributed by atoms with Crippen molar-refractivity contribution < 1.29 is 7.48 Å². The molecule has 1 nitrogen and oxygen atoms in total. The van der Waals surface area contributed by atoms with Crippen LogP contribution in [0.5, 0.6) is 5.75 Å². The van der Waals surface area contributed by atoms with Crippen LogP contribution < -0.4 is 4.74 Å². The first kappa shape index (κ1) is 8.18.